The van der Waals surface area contributed by atoms with Crippen molar-refractivity contribution < 1.29 is 24.5 Å². The van der Waals surface area contributed by atoms with Gasteiger partial charge in [0.15, 0.2) is 0 Å². The number of ether oxygens (including phenoxy) is 1. The summed E-state index contributed by atoms with van der Waals surface area (Å²) in [5.41, 5.74) is -0.413. The first-order chi connectivity index (χ1) is 6.69. The van der Waals surface area contributed by atoms with Crippen molar-refractivity contribution in [2.24, 2.45) is 5.14 Å². The average molecular weight is 275 g/mol. The van der Waals surface area contributed by atoms with Crippen LogP contribution in [0.1, 0.15) is 20.8 Å². The number of carbonyl (C=O) groups excluding carboxylic acids is 1. The van der Waals surface area contributed by atoms with Crippen LogP contribution in [0, 0.1) is 0 Å². The van der Waals surface area contributed by atoms with Crippen LogP contribution in [0.25, 0.3) is 0 Å². The molecule has 0 atom stereocenters. The number of carboxylic acid groups (broad SMARTS) is 2. The molecule has 0 spiro atoms. The zero-order chi connectivity index (χ0) is 12.5. The minimum atomic E-state index is -1.83. The van der Waals surface area contributed by atoms with Gasteiger partial charge in [0, 0.05) is 20.6 Å². The largest absolute Gasteiger partial charge is 0.503 e. The van der Waals surface area contributed by atoms with Crippen molar-refractivity contribution >= 4 is 43.1 Å². The van der Waals surface area contributed by atoms with Crippen LogP contribution in [-0.4, -0.2) is 27.3 Å². The molecule has 0 radical (unpaired) electrons. The number of hydrogen-bond donors (Lipinski definition) is 3. The molecule has 0 aromatic rings. The zero-order valence-electron chi connectivity index (χ0n) is 8.42. The third kappa shape index (κ3) is 24.8. The fourth-order valence-corrected chi connectivity index (χ4v) is 1.93. The Labute approximate surface area is 99.2 Å². The van der Waals surface area contributed by atoms with Gasteiger partial charge < -0.3 is 14.9 Å². The van der Waals surface area contributed by atoms with Gasteiger partial charge in [-0.05, 0) is 31.8 Å². The minimum absolute atomic E-state index is 0.305. The van der Waals surface area contributed by atoms with E-state index >= 15 is 0 Å². The van der Waals surface area contributed by atoms with E-state index in [9.17, 15) is 4.79 Å². The maximum absolute atomic E-state index is 10.9. The topological polar surface area (TPSA) is 110 Å². The predicted octanol–water partition coefficient (Wildman–Crippen LogP) is 3.05. The van der Waals surface area contributed by atoms with E-state index in [0.29, 0.717) is 0 Å². The number of nitrogens with two attached hydrogens (primary N) is 1. The summed E-state index contributed by atoms with van der Waals surface area (Å²) in [6.45, 7) is 5.48. The van der Waals surface area contributed by atoms with Gasteiger partial charge in [-0.25, -0.2) is 9.59 Å². The predicted molar refractivity (Wildman–Crippen MR) is 63.8 cm³/mol. The van der Waals surface area contributed by atoms with Crippen LogP contribution in [0.3, 0.4) is 0 Å². The molecule has 0 rings (SSSR count). The summed E-state index contributed by atoms with van der Waals surface area (Å²) in [7, 11) is 3.23. The minimum Gasteiger partial charge on any atom is -0.451 e. The van der Waals surface area contributed by atoms with E-state index in [1.807, 2.05) is 20.8 Å². The molecule has 0 heterocycles. The van der Waals surface area contributed by atoms with Crippen molar-refractivity contribution in [2.45, 2.75) is 26.4 Å². The molecule has 6 nitrogen and oxygen atoms in total. The summed E-state index contributed by atoms with van der Waals surface area (Å²) in [5, 5.41) is 18.7. The Bertz CT molecular complexity index is 201. The van der Waals surface area contributed by atoms with Crippen LogP contribution >= 0.6 is 31.6 Å². The second-order valence-electron chi connectivity index (χ2n) is 2.99. The molecule has 0 aromatic heterocycles. The molecule has 9 heteroatoms. The lowest BCUT2D eigenvalue weighted by Crippen LogP contribution is -2.20. The van der Waals surface area contributed by atoms with E-state index in [2.05, 4.69) is 0 Å². The van der Waals surface area contributed by atoms with Crippen LogP contribution in [0.2, 0.25) is 0 Å². The summed E-state index contributed by atoms with van der Waals surface area (Å²) in [6, 6.07) is 0. The molecule has 0 amide bonds. The van der Waals surface area contributed by atoms with E-state index in [1.54, 1.807) is 0 Å². The smallest absolute Gasteiger partial charge is 0.451 e. The molecular formula is C6H13NO5S3. The Hall–Kier alpha value is -0.250. The summed E-state index contributed by atoms with van der Waals surface area (Å²) in [5.74, 6) is 0. The average Bonchev–Trinajstić information content (AvgIpc) is 1.96. The van der Waals surface area contributed by atoms with Gasteiger partial charge in [-0.2, -0.15) is 0 Å². The van der Waals surface area contributed by atoms with Crippen LogP contribution in [0.4, 0.5) is 9.59 Å². The van der Waals surface area contributed by atoms with Crippen molar-refractivity contribution in [2.75, 3.05) is 0 Å². The van der Waals surface area contributed by atoms with Crippen molar-refractivity contribution in [3.05, 3.63) is 0 Å². The van der Waals surface area contributed by atoms with E-state index in [0.717, 1.165) is 21.8 Å². The van der Waals surface area contributed by atoms with Gasteiger partial charge >= 0.3 is 11.5 Å². The van der Waals surface area contributed by atoms with E-state index in [1.165, 1.54) is 9.83 Å². The van der Waals surface area contributed by atoms with E-state index < -0.39 is 11.8 Å². The number of carbonyl (C=O) groups is 2. The molecule has 0 aliphatic rings. The van der Waals surface area contributed by atoms with Gasteiger partial charge in [-0.3, -0.25) is 5.14 Å². The molecule has 0 aliphatic heterocycles. The lowest BCUT2D eigenvalue weighted by Gasteiger charge is -2.18. The molecule has 0 bridgehead atoms. The lowest BCUT2D eigenvalue weighted by molar-refractivity contribution is 0.0740. The quantitative estimate of drug-likeness (QED) is 0.397. The van der Waals surface area contributed by atoms with Crippen LogP contribution in [0.5, 0.6) is 0 Å². The normalized spacial score (nSPS) is 9.87. The Kier molecular flexibility index (Phi) is 10.3. The first-order valence-electron chi connectivity index (χ1n) is 3.54. The third-order valence-electron chi connectivity index (χ3n) is 0.531. The van der Waals surface area contributed by atoms with Gasteiger partial charge in [0.05, 0.1) is 0 Å². The maximum atomic E-state index is 10.9. The second kappa shape index (κ2) is 9.01. The third-order valence-corrected chi connectivity index (χ3v) is 3.06. The Balaban J connectivity index is 0. The highest BCUT2D eigenvalue weighted by molar-refractivity contribution is 9.11. The molecule has 0 saturated heterocycles. The van der Waals surface area contributed by atoms with E-state index in [-0.39, 0.29) is 5.30 Å². The van der Waals surface area contributed by atoms with E-state index in [4.69, 9.17) is 24.9 Å². The van der Waals surface area contributed by atoms with Crippen molar-refractivity contribution in [1.82, 2.24) is 0 Å². The van der Waals surface area contributed by atoms with Crippen molar-refractivity contribution in [3.8, 4) is 0 Å². The molecule has 4 N–H and O–H groups in total. The maximum Gasteiger partial charge on any atom is 0.503 e. The van der Waals surface area contributed by atoms with Gasteiger partial charge in [0.2, 0.25) is 0 Å². The summed E-state index contributed by atoms with van der Waals surface area (Å²) in [6.07, 6.45) is -1.83. The number of hydrogen-bond acceptors (Lipinski definition) is 7. The highest BCUT2D eigenvalue weighted by Gasteiger charge is 2.16. The van der Waals surface area contributed by atoms with Gasteiger partial charge in [-0.1, -0.05) is 0 Å². The molecule has 0 saturated carbocycles. The van der Waals surface area contributed by atoms with Gasteiger partial charge in [-0.15, -0.1) is 0 Å². The van der Waals surface area contributed by atoms with Gasteiger partial charge in [0.25, 0.3) is 0 Å². The summed E-state index contributed by atoms with van der Waals surface area (Å²) >= 11 is 0. The lowest BCUT2D eigenvalue weighted by atomic mass is 10.2. The van der Waals surface area contributed by atoms with Gasteiger partial charge in [0.1, 0.15) is 5.60 Å². The highest BCUT2D eigenvalue weighted by atomic mass is 33.5. The first kappa shape index (κ1) is 17.2. The van der Waals surface area contributed by atoms with Crippen molar-refractivity contribution in [1.29, 1.82) is 0 Å². The number of rotatable bonds is 2. The molecular weight excluding hydrogens is 262 g/mol. The molecule has 15 heavy (non-hydrogen) atoms. The Morgan fingerprint density at radius 2 is 1.67 bits per heavy atom. The first-order valence-corrected chi connectivity index (χ1v) is 7.08. The SMILES string of the molecule is CC(C)(C)OC(=O)SSSN.O=C(O)O. The molecule has 0 aromatic carbocycles. The van der Waals surface area contributed by atoms with Crippen molar-refractivity contribution in [3.63, 3.8) is 0 Å². The Morgan fingerprint density at radius 1 is 1.27 bits per heavy atom. The monoisotopic (exact) mass is 275 g/mol. The second-order valence-corrected chi connectivity index (χ2v) is 6.53. The fourth-order valence-electron chi connectivity index (χ4n) is 0.314. The highest BCUT2D eigenvalue weighted by Crippen LogP contribution is 2.32. The molecule has 90 valence electrons. The summed E-state index contributed by atoms with van der Waals surface area (Å²) in [4.78, 5) is 19.4. The Morgan fingerprint density at radius 3 is 1.93 bits per heavy atom. The molecule has 0 fully saturated rings. The van der Waals surface area contributed by atoms with Crippen LogP contribution in [0.15, 0.2) is 0 Å². The molecule has 0 unspecified atom stereocenters. The summed E-state index contributed by atoms with van der Waals surface area (Å²) < 4.78 is 4.97. The van der Waals surface area contributed by atoms with Crippen LogP contribution < -0.4 is 5.14 Å². The zero-order valence-corrected chi connectivity index (χ0v) is 10.9. The standard InChI is InChI=1S/C5H11NO2S3.CH2O3/c1-5(2,3)8-4(7)9-11-10-6;2-1(3)4/h6H2,1-3H3;(H2,2,3,4). The molecule has 0 aliphatic carbocycles. The fraction of sp³-hybridized carbons (Fsp3) is 0.667. The van der Waals surface area contributed by atoms with Crippen LogP contribution in [-0.2, 0) is 4.74 Å².